The molecule has 0 aromatic heterocycles. The average Bonchev–Trinajstić information content (AvgIpc) is 2.29. The number of halogens is 1. The van der Waals surface area contributed by atoms with Gasteiger partial charge in [0.25, 0.3) is 0 Å². The van der Waals surface area contributed by atoms with E-state index in [0.29, 0.717) is 5.92 Å². The monoisotopic (exact) mass is 371 g/mol. The van der Waals surface area contributed by atoms with Gasteiger partial charge >= 0.3 is 0 Å². The van der Waals surface area contributed by atoms with E-state index in [1.807, 2.05) is 0 Å². The number of hydrogen-bond donors (Lipinski definition) is 2. The zero-order valence-electron chi connectivity index (χ0n) is 12.3. The molecule has 0 spiro atoms. The predicted molar refractivity (Wildman–Crippen MR) is 90.0 cm³/mol. The number of hydrogen-bond acceptors (Lipinski definition) is 2. The molecule has 0 aliphatic rings. The van der Waals surface area contributed by atoms with Crippen LogP contribution in [0.15, 0.2) is 4.99 Å². The Hall–Kier alpha value is -0.0400. The van der Waals surface area contributed by atoms with Gasteiger partial charge in [0.2, 0.25) is 0 Å². The quantitative estimate of drug-likeness (QED) is 0.284. The van der Waals surface area contributed by atoms with Crippen LogP contribution in [0, 0.1) is 5.92 Å². The molecule has 110 valence electrons. The minimum atomic E-state index is 0. The Kier molecular flexibility index (Phi) is 16.9. The van der Waals surface area contributed by atoms with Crippen molar-refractivity contribution in [1.29, 1.82) is 0 Å². The lowest BCUT2D eigenvalue weighted by atomic mass is 10.1. The smallest absolute Gasteiger partial charge is 0.191 e. The fourth-order valence-electron chi connectivity index (χ4n) is 1.23. The first-order chi connectivity index (χ1) is 8.20. The van der Waals surface area contributed by atoms with Gasteiger partial charge in [0.15, 0.2) is 5.96 Å². The van der Waals surface area contributed by atoms with E-state index in [9.17, 15) is 0 Å². The molecule has 0 atom stereocenters. The van der Waals surface area contributed by atoms with Gasteiger partial charge in [-0.25, -0.2) is 0 Å². The van der Waals surface area contributed by atoms with E-state index in [4.69, 9.17) is 4.74 Å². The van der Waals surface area contributed by atoms with Gasteiger partial charge in [-0.15, -0.1) is 24.0 Å². The average molecular weight is 371 g/mol. The number of ether oxygens (including phenoxy) is 1. The normalized spacial score (nSPS) is 11.3. The molecule has 0 radical (unpaired) electrons. The lowest BCUT2D eigenvalue weighted by Crippen LogP contribution is -2.39. The molecule has 0 bridgehead atoms. The molecule has 0 aromatic rings. The number of aliphatic imine (C=N–C) groups is 1. The van der Waals surface area contributed by atoms with Crippen LogP contribution in [0.4, 0.5) is 0 Å². The van der Waals surface area contributed by atoms with E-state index in [0.717, 1.165) is 51.6 Å². The van der Waals surface area contributed by atoms with Crippen molar-refractivity contribution in [2.45, 2.75) is 40.5 Å². The third-order valence-corrected chi connectivity index (χ3v) is 2.22. The molecule has 0 heterocycles. The Labute approximate surface area is 129 Å². The molecule has 0 unspecified atom stereocenters. The van der Waals surface area contributed by atoms with Crippen LogP contribution in [0.3, 0.4) is 0 Å². The molecular formula is C13H30IN3O. The Balaban J connectivity index is 0. The molecule has 0 aromatic carbocycles. The maximum atomic E-state index is 5.53. The van der Waals surface area contributed by atoms with Crippen LogP contribution in [0.2, 0.25) is 0 Å². The lowest BCUT2D eigenvalue weighted by Gasteiger charge is -2.11. The second-order valence-electron chi connectivity index (χ2n) is 4.48. The standard InChI is InChI=1S/C13H29N3O.HI/c1-5-8-15-13(14-6-2)16-9-11-17-10-7-12(3)4;/h12H,5-11H2,1-4H3,(H2,14,15,16);1H. The molecule has 0 amide bonds. The summed E-state index contributed by atoms with van der Waals surface area (Å²) in [5, 5.41) is 6.47. The highest BCUT2D eigenvalue weighted by Crippen LogP contribution is 1.98. The second-order valence-corrected chi connectivity index (χ2v) is 4.48. The van der Waals surface area contributed by atoms with Crippen molar-refractivity contribution in [3.63, 3.8) is 0 Å². The van der Waals surface area contributed by atoms with Crippen molar-refractivity contribution in [3.8, 4) is 0 Å². The Morgan fingerprint density at radius 3 is 2.44 bits per heavy atom. The summed E-state index contributed by atoms with van der Waals surface area (Å²) in [4.78, 5) is 4.42. The van der Waals surface area contributed by atoms with Gasteiger partial charge in [-0.2, -0.15) is 0 Å². The van der Waals surface area contributed by atoms with E-state index < -0.39 is 0 Å². The maximum Gasteiger partial charge on any atom is 0.191 e. The molecule has 5 heteroatoms. The van der Waals surface area contributed by atoms with Crippen molar-refractivity contribution < 1.29 is 4.74 Å². The zero-order chi connectivity index (χ0) is 12.9. The van der Waals surface area contributed by atoms with Crippen LogP contribution in [0.5, 0.6) is 0 Å². The van der Waals surface area contributed by atoms with Crippen molar-refractivity contribution in [3.05, 3.63) is 0 Å². The van der Waals surface area contributed by atoms with Gasteiger partial charge in [0, 0.05) is 26.2 Å². The molecular weight excluding hydrogens is 341 g/mol. The topological polar surface area (TPSA) is 45.7 Å². The van der Waals surface area contributed by atoms with Gasteiger partial charge in [0.05, 0.1) is 6.61 Å². The van der Waals surface area contributed by atoms with Crippen LogP contribution >= 0.6 is 24.0 Å². The maximum absolute atomic E-state index is 5.53. The highest BCUT2D eigenvalue weighted by Gasteiger charge is 1.96. The summed E-state index contributed by atoms with van der Waals surface area (Å²) in [6.45, 7) is 12.8. The molecule has 0 fully saturated rings. The van der Waals surface area contributed by atoms with E-state index in [1.165, 1.54) is 0 Å². The number of guanidine groups is 1. The highest BCUT2D eigenvalue weighted by molar-refractivity contribution is 14.0. The van der Waals surface area contributed by atoms with Crippen LogP contribution in [0.1, 0.15) is 40.5 Å². The zero-order valence-corrected chi connectivity index (χ0v) is 14.6. The van der Waals surface area contributed by atoms with E-state index >= 15 is 0 Å². The van der Waals surface area contributed by atoms with Gasteiger partial charge in [-0.05, 0) is 25.7 Å². The third kappa shape index (κ3) is 14.0. The van der Waals surface area contributed by atoms with Gasteiger partial charge in [0.1, 0.15) is 0 Å². The molecule has 0 aliphatic heterocycles. The van der Waals surface area contributed by atoms with Crippen LogP contribution in [-0.2, 0) is 4.74 Å². The van der Waals surface area contributed by atoms with Crippen LogP contribution < -0.4 is 10.6 Å². The first-order valence-electron chi connectivity index (χ1n) is 6.80. The molecule has 2 N–H and O–H groups in total. The summed E-state index contributed by atoms with van der Waals surface area (Å²) < 4.78 is 5.53. The minimum Gasteiger partial charge on any atom is -0.380 e. The predicted octanol–water partition coefficient (Wildman–Crippen LogP) is 2.63. The highest BCUT2D eigenvalue weighted by atomic mass is 127. The Morgan fingerprint density at radius 1 is 1.17 bits per heavy atom. The Bertz CT molecular complexity index is 199. The van der Waals surface area contributed by atoms with E-state index in [-0.39, 0.29) is 24.0 Å². The lowest BCUT2D eigenvalue weighted by molar-refractivity contribution is 0.128. The van der Waals surface area contributed by atoms with E-state index in [2.05, 4.69) is 43.3 Å². The molecule has 0 saturated heterocycles. The Morgan fingerprint density at radius 2 is 1.89 bits per heavy atom. The first kappa shape index (κ1) is 20.3. The summed E-state index contributed by atoms with van der Waals surface area (Å²) in [5.74, 6) is 1.60. The van der Waals surface area contributed by atoms with Crippen molar-refractivity contribution in [2.24, 2.45) is 10.9 Å². The SMILES string of the molecule is CCCN=C(NCC)NCCOCCC(C)C.I. The summed E-state index contributed by atoms with van der Waals surface area (Å²) >= 11 is 0. The second kappa shape index (κ2) is 15.0. The summed E-state index contributed by atoms with van der Waals surface area (Å²) in [7, 11) is 0. The number of nitrogens with zero attached hydrogens (tertiary/aromatic N) is 1. The fraction of sp³-hybridized carbons (Fsp3) is 0.923. The summed E-state index contributed by atoms with van der Waals surface area (Å²) in [6, 6.07) is 0. The van der Waals surface area contributed by atoms with Crippen LogP contribution in [-0.4, -0.2) is 38.8 Å². The summed E-state index contributed by atoms with van der Waals surface area (Å²) in [5.41, 5.74) is 0. The first-order valence-corrected chi connectivity index (χ1v) is 6.80. The van der Waals surface area contributed by atoms with Gasteiger partial charge < -0.3 is 15.4 Å². The largest absolute Gasteiger partial charge is 0.380 e. The summed E-state index contributed by atoms with van der Waals surface area (Å²) in [6.07, 6.45) is 2.20. The number of rotatable bonds is 9. The van der Waals surface area contributed by atoms with Crippen molar-refractivity contribution in [2.75, 3.05) is 32.8 Å². The molecule has 0 rings (SSSR count). The van der Waals surface area contributed by atoms with Crippen molar-refractivity contribution in [1.82, 2.24) is 10.6 Å². The van der Waals surface area contributed by atoms with Crippen LogP contribution in [0.25, 0.3) is 0 Å². The molecule has 18 heavy (non-hydrogen) atoms. The van der Waals surface area contributed by atoms with Gasteiger partial charge in [-0.3, -0.25) is 4.99 Å². The third-order valence-electron chi connectivity index (χ3n) is 2.22. The number of nitrogens with one attached hydrogen (secondary N) is 2. The van der Waals surface area contributed by atoms with E-state index in [1.54, 1.807) is 0 Å². The minimum absolute atomic E-state index is 0. The molecule has 0 aliphatic carbocycles. The van der Waals surface area contributed by atoms with Gasteiger partial charge in [-0.1, -0.05) is 20.8 Å². The molecule has 4 nitrogen and oxygen atoms in total. The molecule has 0 saturated carbocycles. The van der Waals surface area contributed by atoms with Crippen molar-refractivity contribution >= 4 is 29.9 Å². The fourth-order valence-corrected chi connectivity index (χ4v) is 1.23.